The molecule has 0 unspecified atom stereocenters. The summed E-state index contributed by atoms with van der Waals surface area (Å²) in [6, 6.07) is 3.53. The molecule has 0 saturated carbocycles. The largest absolute Gasteiger partial charge is 0.480 e. The van der Waals surface area contributed by atoms with Gasteiger partial charge >= 0.3 is 17.6 Å². The minimum atomic E-state index is -1.45. The summed E-state index contributed by atoms with van der Waals surface area (Å²) in [4.78, 5) is 44.0. The molecule has 9 nitrogen and oxygen atoms in total. The Hall–Kier alpha value is -2.68. The molecule has 1 amide bonds. The molecule has 0 fully saturated rings. The Morgan fingerprint density at radius 2 is 1.71 bits per heavy atom. The van der Waals surface area contributed by atoms with Crippen molar-refractivity contribution in [2.24, 2.45) is 0 Å². The van der Waals surface area contributed by atoms with Crippen LogP contribution in [0.5, 0.6) is 0 Å². The van der Waals surface area contributed by atoms with E-state index in [9.17, 15) is 24.5 Å². The third-order valence-electron chi connectivity index (χ3n) is 2.34. The Kier molecular flexibility index (Phi) is 5.19. The highest BCUT2D eigenvalue weighted by Crippen LogP contribution is 2.29. The van der Waals surface area contributed by atoms with Gasteiger partial charge in [0.05, 0.1) is 4.92 Å². The number of nitro groups is 1. The normalized spacial score (nSPS) is 9.95. The number of amides is 1. The Morgan fingerprint density at radius 3 is 2.14 bits per heavy atom. The number of nitro benzene ring substituents is 1. The van der Waals surface area contributed by atoms with E-state index in [2.05, 4.69) is 0 Å². The van der Waals surface area contributed by atoms with E-state index in [0.29, 0.717) is 4.90 Å². The zero-order chi connectivity index (χ0) is 16.2. The third-order valence-corrected chi connectivity index (χ3v) is 2.64. The number of hydrogen-bond donors (Lipinski definition) is 2. The zero-order valence-electron chi connectivity index (χ0n) is 10.4. The van der Waals surface area contributed by atoms with Gasteiger partial charge in [0.1, 0.15) is 23.7 Å². The first kappa shape index (κ1) is 16.4. The second-order valence-corrected chi connectivity index (χ2v) is 4.25. The van der Waals surface area contributed by atoms with Crippen LogP contribution in [0.25, 0.3) is 0 Å². The van der Waals surface area contributed by atoms with Crippen molar-refractivity contribution in [3.63, 3.8) is 0 Å². The Labute approximate surface area is 122 Å². The van der Waals surface area contributed by atoms with Crippen molar-refractivity contribution in [2.75, 3.05) is 13.1 Å². The molecule has 0 aliphatic carbocycles. The fourth-order valence-corrected chi connectivity index (χ4v) is 1.81. The van der Waals surface area contributed by atoms with Crippen molar-refractivity contribution in [3.8, 4) is 0 Å². The first-order valence-corrected chi connectivity index (χ1v) is 5.77. The molecule has 1 rings (SSSR count). The van der Waals surface area contributed by atoms with E-state index in [1.807, 2.05) is 0 Å². The number of para-hydroxylation sites is 1. The Balaban J connectivity index is 3.26. The van der Waals surface area contributed by atoms with Gasteiger partial charge in [-0.2, -0.15) is 0 Å². The molecule has 2 N–H and O–H groups in total. The number of halogens is 1. The number of carboxylic acids is 2. The Bertz CT molecular complexity index is 601. The van der Waals surface area contributed by atoms with Crippen LogP contribution in [0.15, 0.2) is 18.2 Å². The molecule has 112 valence electrons. The smallest absolute Gasteiger partial charge is 0.323 e. The van der Waals surface area contributed by atoms with Gasteiger partial charge in [0.15, 0.2) is 0 Å². The number of carbonyl (C=O) groups excluding carboxylic acids is 1. The number of nitrogens with zero attached hydrogens (tertiary/aromatic N) is 2. The predicted molar refractivity (Wildman–Crippen MR) is 69.3 cm³/mol. The van der Waals surface area contributed by atoms with E-state index < -0.39 is 47.1 Å². The van der Waals surface area contributed by atoms with Gasteiger partial charge in [0.25, 0.3) is 5.91 Å². The summed E-state index contributed by atoms with van der Waals surface area (Å²) in [5.74, 6) is -4.00. The maximum atomic E-state index is 12.1. The number of rotatable bonds is 6. The van der Waals surface area contributed by atoms with Gasteiger partial charge in [-0.25, -0.2) is 0 Å². The Morgan fingerprint density at radius 1 is 1.19 bits per heavy atom. The van der Waals surface area contributed by atoms with Crippen LogP contribution in [0, 0.1) is 10.1 Å². The molecule has 21 heavy (non-hydrogen) atoms. The molecular formula is C11H9ClN2O7. The van der Waals surface area contributed by atoms with Crippen LogP contribution in [0.3, 0.4) is 0 Å². The number of hydrogen-bond acceptors (Lipinski definition) is 5. The van der Waals surface area contributed by atoms with Gasteiger partial charge in [-0.15, -0.1) is 0 Å². The van der Waals surface area contributed by atoms with Crippen LogP contribution in [0.1, 0.15) is 10.4 Å². The fourth-order valence-electron chi connectivity index (χ4n) is 1.57. The van der Waals surface area contributed by atoms with Crippen LogP contribution in [-0.4, -0.2) is 51.0 Å². The highest BCUT2D eigenvalue weighted by atomic mass is 35.5. The van der Waals surface area contributed by atoms with Gasteiger partial charge in [-0.3, -0.25) is 24.5 Å². The lowest BCUT2D eigenvalue weighted by atomic mass is 10.1. The maximum absolute atomic E-state index is 12.1. The average molecular weight is 317 g/mol. The third kappa shape index (κ3) is 4.14. The van der Waals surface area contributed by atoms with Crippen LogP contribution in [0.4, 0.5) is 5.69 Å². The lowest BCUT2D eigenvalue weighted by Crippen LogP contribution is -2.39. The van der Waals surface area contributed by atoms with Gasteiger partial charge in [-0.05, 0) is 12.1 Å². The maximum Gasteiger partial charge on any atom is 0.323 e. The molecule has 0 heterocycles. The molecule has 0 saturated heterocycles. The van der Waals surface area contributed by atoms with Crippen LogP contribution < -0.4 is 0 Å². The van der Waals surface area contributed by atoms with Crippen molar-refractivity contribution in [1.82, 2.24) is 4.90 Å². The van der Waals surface area contributed by atoms with E-state index in [-0.39, 0.29) is 5.02 Å². The number of aliphatic carboxylic acids is 2. The molecule has 0 bridgehead atoms. The number of carboxylic acid groups (broad SMARTS) is 2. The topological polar surface area (TPSA) is 138 Å². The minimum Gasteiger partial charge on any atom is -0.480 e. The summed E-state index contributed by atoms with van der Waals surface area (Å²) in [7, 11) is 0. The molecule has 0 spiro atoms. The van der Waals surface area contributed by atoms with Crippen molar-refractivity contribution in [2.45, 2.75) is 0 Å². The fraction of sp³-hybridized carbons (Fsp3) is 0.182. The second kappa shape index (κ2) is 6.66. The molecule has 10 heteroatoms. The summed E-state index contributed by atoms with van der Waals surface area (Å²) in [6.45, 7) is -1.82. The summed E-state index contributed by atoms with van der Waals surface area (Å²) in [5.41, 5.74) is -1.18. The summed E-state index contributed by atoms with van der Waals surface area (Å²) >= 11 is 5.64. The van der Waals surface area contributed by atoms with Gasteiger partial charge < -0.3 is 15.1 Å². The van der Waals surface area contributed by atoms with Crippen molar-refractivity contribution < 1.29 is 29.5 Å². The SMILES string of the molecule is O=C(O)CN(CC(=O)O)C(=O)c1cccc(Cl)c1[N+](=O)[O-]. The van der Waals surface area contributed by atoms with Crippen molar-refractivity contribution >= 4 is 35.1 Å². The van der Waals surface area contributed by atoms with E-state index in [0.717, 1.165) is 6.07 Å². The van der Waals surface area contributed by atoms with Gasteiger partial charge in [0.2, 0.25) is 0 Å². The molecule has 0 radical (unpaired) electrons. The molecule has 0 aromatic heterocycles. The number of carbonyl (C=O) groups is 3. The zero-order valence-corrected chi connectivity index (χ0v) is 11.1. The summed E-state index contributed by atoms with van der Waals surface area (Å²) in [6.07, 6.45) is 0. The monoisotopic (exact) mass is 316 g/mol. The summed E-state index contributed by atoms with van der Waals surface area (Å²) in [5, 5.41) is 28.0. The molecule has 0 aliphatic rings. The molecule has 1 aromatic carbocycles. The van der Waals surface area contributed by atoms with Crippen LogP contribution in [0.2, 0.25) is 5.02 Å². The molecular weight excluding hydrogens is 308 g/mol. The molecule has 0 aliphatic heterocycles. The van der Waals surface area contributed by atoms with E-state index in [1.165, 1.54) is 12.1 Å². The van der Waals surface area contributed by atoms with Crippen LogP contribution >= 0.6 is 11.6 Å². The first-order valence-electron chi connectivity index (χ1n) is 5.39. The van der Waals surface area contributed by atoms with Gasteiger partial charge in [0, 0.05) is 0 Å². The average Bonchev–Trinajstić information content (AvgIpc) is 2.35. The lowest BCUT2D eigenvalue weighted by molar-refractivity contribution is -0.385. The van der Waals surface area contributed by atoms with E-state index in [4.69, 9.17) is 21.8 Å². The summed E-state index contributed by atoms with van der Waals surface area (Å²) < 4.78 is 0. The van der Waals surface area contributed by atoms with Crippen molar-refractivity contribution in [1.29, 1.82) is 0 Å². The standard InChI is InChI=1S/C11H9ClN2O7/c12-7-3-1-2-6(10(7)14(20)21)11(19)13(4-8(15)16)5-9(17)18/h1-3H,4-5H2,(H,15,16)(H,17,18). The van der Waals surface area contributed by atoms with E-state index in [1.54, 1.807) is 0 Å². The highest BCUT2D eigenvalue weighted by molar-refractivity contribution is 6.33. The highest BCUT2D eigenvalue weighted by Gasteiger charge is 2.29. The lowest BCUT2D eigenvalue weighted by Gasteiger charge is -2.18. The molecule has 1 aromatic rings. The predicted octanol–water partition coefficient (Wildman–Crippen LogP) is 0.860. The van der Waals surface area contributed by atoms with Gasteiger partial charge in [-0.1, -0.05) is 17.7 Å². The molecule has 0 atom stereocenters. The van der Waals surface area contributed by atoms with Crippen LogP contribution in [-0.2, 0) is 9.59 Å². The second-order valence-electron chi connectivity index (χ2n) is 3.84. The number of benzene rings is 1. The van der Waals surface area contributed by atoms with E-state index >= 15 is 0 Å². The van der Waals surface area contributed by atoms with Crippen molar-refractivity contribution in [3.05, 3.63) is 38.9 Å². The first-order chi connectivity index (χ1) is 9.73. The quantitative estimate of drug-likeness (QED) is 0.586. The minimum absolute atomic E-state index is 0.309.